The van der Waals surface area contributed by atoms with Gasteiger partial charge in [-0.2, -0.15) is 13.2 Å². The molecule has 0 saturated heterocycles. The Morgan fingerprint density at radius 3 is 2.29 bits per heavy atom. The van der Waals surface area contributed by atoms with Crippen LogP contribution in [-0.4, -0.2) is 31.5 Å². The van der Waals surface area contributed by atoms with Crippen molar-refractivity contribution in [2.45, 2.75) is 6.18 Å². The molecule has 0 aliphatic carbocycles. The van der Waals surface area contributed by atoms with Crippen molar-refractivity contribution < 1.29 is 23.0 Å². The van der Waals surface area contributed by atoms with Gasteiger partial charge in [-0.15, -0.1) is 0 Å². The van der Waals surface area contributed by atoms with E-state index in [2.05, 4.69) is 5.32 Å². The Hall–Kier alpha value is -1.27. The fraction of sp³-hybridized carbons (Fsp3) is 0.455. The van der Waals surface area contributed by atoms with Gasteiger partial charge in [0.2, 0.25) is 0 Å². The lowest BCUT2D eigenvalue weighted by Gasteiger charge is -2.09. The number of ether oxygens (including phenoxy) is 1. The summed E-state index contributed by atoms with van der Waals surface area (Å²) >= 11 is 0. The maximum absolute atomic E-state index is 12.2. The quantitative estimate of drug-likeness (QED) is 0.759. The summed E-state index contributed by atoms with van der Waals surface area (Å²) < 4.78 is 41.7. The topological polar surface area (TPSA) is 41.5 Å². The second kappa shape index (κ2) is 6.46. The molecule has 0 aliphatic rings. The Bertz CT molecular complexity index is 324. The second-order valence-corrected chi connectivity index (χ2v) is 3.34. The van der Waals surface area contributed by atoms with E-state index in [0.717, 1.165) is 12.1 Å². The Balaban J connectivity index is 2.36. The maximum atomic E-state index is 12.2. The molecule has 0 aliphatic heterocycles. The molecule has 0 bridgehead atoms. The third-order valence-electron chi connectivity index (χ3n) is 2.02. The lowest BCUT2D eigenvalue weighted by molar-refractivity contribution is -0.137. The molecule has 1 aromatic rings. The number of aliphatic hydroxyl groups excluding tert-OH is 1. The van der Waals surface area contributed by atoms with Crippen LogP contribution in [0.2, 0.25) is 0 Å². The first-order chi connectivity index (χ1) is 8.04. The van der Waals surface area contributed by atoms with E-state index in [4.69, 9.17) is 9.84 Å². The monoisotopic (exact) mass is 249 g/mol. The average molecular weight is 249 g/mol. The highest BCUT2D eigenvalue weighted by atomic mass is 19.4. The van der Waals surface area contributed by atoms with Crippen LogP contribution in [0.15, 0.2) is 24.3 Å². The summed E-state index contributed by atoms with van der Waals surface area (Å²) in [5.41, 5.74) is -0.0646. The zero-order chi connectivity index (χ0) is 12.7. The molecule has 0 aromatic heterocycles. The molecule has 17 heavy (non-hydrogen) atoms. The lowest BCUT2D eigenvalue weighted by atomic mass is 10.2. The van der Waals surface area contributed by atoms with Gasteiger partial charge >= 0.3 is 6.18 Å². The van der Waals surface area contributed by atoms with Gasteiger partial charge in [-0.1, -0.05) is 0 Å². The fourth-order valence-electron chi connectivity index (χ4n) is 1.21. The van der Waals surface area contributed by atoms with E-state index in [9.17, 15) is 13.2 Å². The molecule has 2 N–H and O–H groups in total. The molecule has 0 spiro atoms. The number of alkyl halides is 3. The number of anilines is 1. The van der Waals surface area contributed by atoms with Crippen molar-refractivity contribution in [1.29, 1.82) is 0 Å². The highest BCUT2D eigenvalue weighted by molar-refractivity contribution is 5.45. The molecule has 96 valence electrons. The zero-order valence-electron chi connectivity index (χ0n) is 9.13. The fourth-order valence-corrected chi connectivity index (χ4v) is 1.21. The predicted molar refractivity (Wildman–Crippen MR) is 57.8 cm³/mol. The van der Waals surface area contributed by atoms with Crippen molar-refractivity contribution in [3.05, 3.63) is 29.8 Å². The average Bonchev–Trinajstić information content (AvgIpc) is 2.28. The molecule has 1 aromatic carbocycles. The third kappa shape index (κ3) is 5.06. The number of aliphatic hydroxyl groups is 1. The SMILES string of the molecule is OCCOCCNc1ccc(C(F)(F)F)cc1. The van der Waals surface area contributed by atoms with Crippen molar-refractivity contribution >= 4 is 5.69 Å². The van der Waals surface area contributed by atoms with Gasteiger partial charge < -0.3 is 15.2 Å². The van der Waals surface area contributed by atoms with Gasteiger partial charge in [-0.05, 0) is 24.3 Å². The van der Waals surface area contributed by atoms with Crippen molar-refractivity contribution in [2.75, 3.05) is 31.7 Å². The minimum absolute atomic E-state index is 0.0414. The predicted octanol–water partition coefficient (Wildman–Crippen LogP) is 2.13. The van der Waals surface area contributed by atoms with E-state index >= 15 is 0 Å². The van der Waals surface area contributed by atoms with Crippen LogP contribution in [-0.2, 0) is 10.9 Å². The first kappa shape index (κ1) is 13.8. The lowest BCUT2D eigenvalue weighted by Crippen LogP contribution is -2.11. The molecular formula is C11H14F3NO2. The van der Waals surface area contributed by atoms with E-state index < -0.39 is 11.7 Å². The van der Waals surface area contributed by atoms with Gasteiger partial charge in [0, 0.05) is 12.2 Å². The van der Waals surface area contributed by atoms with E-state index in [1.165, 1.54) is 12.1 Å². The molecule has 0 atom stereocenters. The van der Waals surface area contributed by atoms with Crippen LogP contribution in [0, 0.1) is 0 Å². The third-order valence-corrected chi connectivity index (χ3v) is 2.02. The zero-order valence-corrected chi connectivity index (χ0v) is 9.13. The summed E-state index contributed by atoms with van der Waals surface area (Å²) in [6.45, 7) is 1.09. The first-order valence-electron chi connectivity index (χ1n) is 5.14. The number of hydrogen-bond acceptors (Lipinski definition) is 3. The van der Waals surface area contributed by atoms with Gasteiger partial charge in [0.15, 0.2) is 0 Å². The highest BCUT2D eigenvalue weighted by Gasteiger charge is 2.29. The van der Waals surface area contributed by atoms with Crippen molar-refractivity contribution in [1.82, 2.24) is 0 Å². The normalized spacial score (nSPS) is 11.5. The van der Waals surface area contributed by atoms with Crippen molar-refractivity contribution in [2.24, 2.45) is 0 Å². The molecule has 0 heterocycles. The first-order valence-corrected chi connectivity index (χ1v) is 5.14. The summed E-state index contributed by atoms with van der Waals surface area (Å²) in [6, 6.07) is 4.79. The molecule has 3 nitrogen and oxygen atoms in total. The largest absolute Gasteiger partial charge is 0.416 e. The number of halogens is 3. The van der Waals surface area contributed by atoms with Crippen LogP contribution in [0.3, 0.4) is 0 Å². The van der Waals surface area contributed by atoms with E-state index in [1.807, 2.05) is 0 Å². The smallest absolute Gasteiger partial charge is 0.394 e. The molecule has 0 amide bonds. The Morgan fingerprint density at radius 1 is 1.12 bits per heavy atom. The van der Waals surface area contributed by atoms with Gasteiger partial charge in [0.05, 0.1) is 25.4 Å². The summed E-state index contributed by atoms with van der Waals surface area (Å²) in [5.74, 6) is 0. The van der Waals surface area contributed by atoms with E-state index in [1.54, 1.807) is 0 Å². The van der Waals surface area contributed by atoms with Crippen molar-refractivity contribution in [3.63, 3.8) is 0 Å². The molecule has 0 radical (unpaired) electrons. The summed E-state index contributed by atoms with van der Waals surface area (Å²) in [6.07, 6.45) is -4.30. The maximum Gasteiger partial charge on any atom is 0.416 e. The minimum atomic E-state index is -4.30. The van der Waals surface area contributed by atoms with Gasteiger partial charge in [0.1, 0.15) is 0 Å². The van der Waals surface area contributed by atoms with Crippen LogP contribution in [0.5, 0.6) is 0 Å². The van der Waals surface area contributed by atoms with Crippen LogP contribution >= 0.6 is 0 Å². The molecule has 0 unspecified atom stereocenters. The molecular weight excluding hydrogens is 235 g/mol. The summed E-state index contributed by atoms with van der Waals surface area (Å²) in [7, 11) is 0. The summed E-state index contributed by atoms with van der Waals surface area (Å²) in [5, 5.41) is 11.3. The van der Waals surface area contributed by atoms with Crippen LogP contribution < -0.4 is 5.32 Å². The Labute approximate surface area is 97.2 Å². The number of benzene rings is 1. The molecule has 0 saturated carbocycles. The molecule has 1 rings (SSSR count). The van der Waals surface area contributed by atoms with Crippen LogP contribution in [0.25, 0.3) is 0 Å². The van der Waals surface area contributed by atoms with Gasteiger partial charge in [-0.3, -0.25) is 0 Å². The van der Waals surface area contributed by atoms with Crippen molar-refractivity contribution in [3.8, 4) is 0 Å². The highest BCUT2D eigenvalue weighted by Crippen LogP contribution is 2.29. The van der Waals surface area contributed by atoms with Gasteiger partial charge in [-0.25, -0.2) is 0 Å². The summed E-state index contributed by atoms with van der Waals surface area (Å²) in [4.78, 5) is 0. The Kier molecular flexibility index (Phi) is 5.24. The number of hydrogen-bond donors (Lipinski definition) is 2. The van der Waals surface area contributed by atoms with Crippen LogP contribution in [0.4, 0.5) is 18.9 Å². The van der Waals surface area contributed by atoms with E-state index in [0.29, 0.717) is 18.8 Å². The number of rotatable bonds is 6. The standard InChI is InChI=1S/C11H14F3NO2/c12-11(13,14)9-1-3-10(4-2-9)15-5-7-17-8-6-16/h1-4,15-16H,5-8H2. The molecule has 0 fully saturated rings. The molecule has 6 heteroatoms. The van der Waals surface area contributed by atoms with E-state index in [-0.39, 0.29) is 13.2 Å². The second-order valence-electron chi connectivity index (χ2n) is 3.34. The minimum Gasteiger partial charge on any atom is -0.394 e. The Morgan fingerprint density at radius 2 is 1.76 bits per heavy atom. The number of nitrogens with one attached hydrogen (secondary N) is 1. The van der Waals surface area contributed by atoms with Gasteiger partial charge in [0.25, 0.3) is 0 Å². The van der Waals surface area contributed by atoms with Crippen LogP contribution in [0.1, 0.15) is 5.56 Å².